The van der Waals surface area contributed by atoms with Crippen LogP contribution >= 0.6 is 0 Å². The van der Waals surface area contributed by atoms with Crippen molar-refractivity contribution >= 4 is 5.52 Å². The van der Waals surface area contributed by atoms with Crippen LogP contribution in [0.25, 0.3) is 16.9 Å². The summed E-state index contributed by atoms with van der Waals surface area (Å²) in [5.41, 5.74) is 8.27. The zero-order valence-corrected chi connectivity index (χ0v) is 17.5. The molecule has 0 saturated heterocycles. The normalized spacial score (nSPS) is 11.5. The van der Waals surface area contributed by atoms with Gasteiger partial charge in [-0.15, -0.1) is 0 Å². The Labute approximate surface area is 170 Å². The van der Waals surface area contributed by atoms with Gasteiger partial charge in [0.05, 0.1) is 24.6 Å². The van der Waals surface area contributed by atoms with Gasteiger partial charge in [0, 0.05) is 24.3 Å². The Morgan fingerprint density at radius 1 is 1.00 bits per heavy atom. The molecule has 0 unspecified atom stereocenters. The second-order valence-corrected chi connectivity index (χ2v) is 7.72. The Bertz CT molecular complexity index is 1170. The number of aromatic nitrogens is 5. The van der Waals surface area contributed by atoms with Crippen LogP contribution in [-0.4, -0.2) is 35.9 Å². The maximum Gasteiger partial charge on any atom is 0.160 e. The van der Waals surface area contributed by atoms with Gasteiger partial charge in [0.1, 0.15) is 0 Å². The van der Waals surface area contributed by atoms with Crippen LogP contribution in [0.1, 0.15) is 40.2 Å². The largest absolute Gasteiger partial charge is 0.396 e. The first-order valence-corrected chi connectivity index (χ1v) is 10.0. The lowest BCUT2D eigenvalue weighted by Crippen LogP contribution is -2.08. The number of hydrogen-bond donors (Lipinski definition) is 1. The third kappa shape index (κ3) is 3.68. The third-order valence-corrected chi connectivity index (χ3v) is 5.63. The molecular formula is C23H27N5O. The molecule has 6 nitrogen and oxygen atoms in total. The number of fused-ring (bicyclic) bond motifs is 1. The predicted molar refractivity (Wildman–Crippen MR) is 114 cm³/mol. The van der Waals surface area contributed by atoms with E-state index in [0.29, 0.717) is 19.4 Å². The van der Waals surface area contributed by atoms with Crippen molar-refractivity contribution in [2.24, 2.45) is 0 Å². The number of pyridine rings is 1. The van der Waals surface area contributed by atoms with Gasteiger partial charge in [-0.3, -0.25) is 0 Å². The van der Waals surface area contributed by atoms with Crippen molar-refractivity contribution in [1.29, 1.82) is 0 Å². The van der Waals surface area contributed by atoms with Gasteiger partial charge in [-0.1, -0.05) is 12.1 Å². The number of aliphatic hydroxyl groups excluding tert-OH is 1. The molecule has 4 aromatic rings. The number of aryl methyl sites for hydroxylation is 5. The highest BCUT2D eigenvalue weighted by Gasteiger charge is 2.17. The maximum absolute atomic E-state index is 9.21. The minimum atomic E-state index is 0.139. The van der Waals surface area contributed by atoms with E-state index in [4.69, 9.17) is 10.1 Å². The molecule has 0 amide bonds. The molecule has 0 aliphatic heterocycles. The summed E-state index contributed by atoms with van der Waals surface area (Å²) in [7, 11) is 0. The molecule has 0 fully saturated rings. The van der Waals surface area contributed by atoms with Crippen LogP contribution < -0.4 is 0 Å². The van der Waals surface area contributed by atoms with E-state index < -0.39 is 0 Å². The topological polar surface area (TPSA) is 68.2 Å². The first-order valence-electron chi connectivity index (χ1n) is 10.0. The van der Waals surface area contributed by atoms with Crippen molar-refractivity contribution in [1.82, 2.24) is 24.1 Å². The molecule has 0 spiro atoms. The quantitative estimate of drug-likeness (QED) is 0.545. The number of benzene rings is 1. The molecule has 0 bridgehead atoms. The second-order valence-electron chi connectivity index (χ2n) is 7.72. The fraction of sp³-hybridized carbons (Fsp3) is 0.348. The molecule has 0 atom stereocenters. The van der Waals surface area contributed by atoms with Gasteiger partial charge in [-0.25, -0.2) is 14.6 Å². The summed E-state index contributed by atoms with van der Waals surface area (Å²) in [6, 6.07) is 8.63. The Kier molecular flexibility index (Phi) is 5.20. The smallest absolute Gasteiger partial charge is 0.160 e. The van der Waals surface area contributed by atoms with E-state index in [0.717, 1.165) is 28.4 Å². The molecule has 3 aromatic heterocycles. The Balaban J connectivity index is 1.81. The summed E-state index contributed by atoms with van der Waals surface area (Å²) in [5, 5.41) is 14.0. The highest BCUT2D eigenvalue weighted by Crippen LogP contribution is 2.25. The number of hydrogen-bond acceptors (Lipinski definition) is 4. The fourth-order valence-electron chi connectivity index (χ4n) is 3.76. The van der Waals surface area contributed by atoms with Crippen LogP contribution in [0.5, 0.6) is 0 Å². The Morgan fingerprint density at radius 3 is 2.59 bits per heavy atom. The fourth-order valence-corrected chi connectivity index (χ4v) is 3.76. The zero-order valence-electron chi connectivity index (χ0n) is 17.5. The van der Waals surface area contributed by atoms with Crippen molar-refractivity contribution in [3.8, 4) is 11.4 Å². The van der Waals surface area contributed by atoms with Crippen LogP contribution in [0, 0.1) is 27.7 Å². The molecular weight excluding hydrogens is 362 g/mol. The minimum Gasteiger partial charge on any atom is -0.396 e. The summed E-state index contributed by atoms with van der Waals surface area (Å²) in [4.78, 5) is 9.10. The second kappa shape index (κ2) is 7.79. The van der Waals surface area contributed by atoms with Gasteiger partial charge < -0.3 is 9.51 Å². The van der Waals surface area contributed by atoms with Crippen molar-refractivity contribution < 1.29 is 5.11 Å². The van der Waals surface area contributed by atoms with Gasteiger partial charge in [0.2, 0.25) is 0 Å². The van der Waals surface area contributed by atoms with Crippen LogP contribution in [0.3, 0.4) is 0 Å². The van der Waals surface area contributed by atoms with E-state index in [1.54, 1.807) is 0 Å². The summed E-state index contributed by atoms with van der Waals surface area (Å²) >= 11 is 0. The van der Waals surface area contributed by atoms with Crippen molar-refractivity contribution in [3.63, 3.8) is 0 Å². The van der Waals surface area contributed by atoms with Crippen molar-refractivity contribution in [3.05, 3.63) is 70.6 Å². The molecule has 1 N–H and O–H groups in total. The highest BCUT2D eigenvalue weighted by molar-refractivity contribution is 5.63. The number of imidazole rings is 1. The molecule has 4 rings (SSSR count). The first-order chi connectivity index (χ1) is 14.0. The number of aliphatic hydroxyl groups is 1. The molecule has 3 heterocycles. The maximum atomic E-state index is 9.21. The average molecular weight is 390 g/mol. The monoisotopic (exact) mass is 389 g/mol. The predicted octanol–water partition coefficient (Wildman–Crippen LogP) is 3.80. The summed E-state index contributed by atoms with van der Waals surface area (Å²) < 4.78 is 4.07. The SMILES string of the molecule is Cc1cc(C)c(Cn2nc(CCCO)nc2-c2ccc3cncn3c2C)cc1C. The van der Waals surface area contributed by atoms with Crippen LogP contribution in [0.2, 0.25) is 0 Å². The van der Waals surface area contributed by atoms with Crippen LogP contribution in [0.4, 0.5) is 0 Å². The molecule has 6 heteroatoms. The van der Waals surface area contributed by atoms with E-state index in [2.05, 4.69) is 61.3 Å². The van der Waals surface area contributed by atoms with Gasteiger partial charge in [-0.2, -0.15) is 5.10 Å². The van der Waals surface area contributed by atoms with E-state index in [1.165, 1.54) is 22.3 Å². The van der Waals surface area contributed by atoms with E-state index in [-0.39, 0.29) is 6.61 Å². The zero-order chi connectivity index (χ0) is 20.5. The van der Waals surface area contributed by atoms with Crippen molar-refractivity contribution in [2.75, 3.05) is 6.61 Å². The summed E-state index contributed by atoms with van der Waals surface area (Å²) in [6.07, 6.45) is 5.00. The lowest BCUT2D eigenvalue weighted by molar-refractivity contribution is 0.287. The molecule has 1 aromatic carbocycles. The Hall–Kier alpha value is -2.99. The molecule has 0 radical (unpaired) electrons. The van der Waals surface area contributed by atoms with E-state index in [9.17, 15) is 5.11 Å². The molecule has 0 aliphatic carbocycles. The van der Waals surface area contributed by atoms with Crippen molar-refractivity contribution in [2.45, 2.75) is 47.1 Å². The average Bonchev–Trinajstić information content (AvgIpc) is 3.32. The lowest BCUT2D eigenvalue weighted by Gasteiger charge is -2.13. The minimum absolute atomic E-state index is 0.139. The summed E-state index contributed by atoms with van der Waals surface area (Å²) in [6.45, 7) is 9.32. The molecule has 150 valence electrons. The highest BCUT2D eigenvalue weighted by atomic mass is 16.2. The summed E-state index contributed by atoms with van der Waals surface area (Å²) in [5.74, 6) is 1.62. The number of nitrogens with zero attached hydrogens (tertiary/aromatic N) is 5. The van der Waals surface area contributed by atoms with Crippen LogP contribution in [-0.2, 0) is 13.0 Å². The van der Waals surface area contributed by atoms with Gasteiger partial charge in [-0.05, 0) is 68.5 Å². The van der Waals surface area contributed by atoms with Gasteiger partial charge in [0.25, 0.3) is 0 Å². The lowest BCUT2D eigenvalue weighted by atomic mass is 10.0. The molecule has 0 aliphatic rings. The van der Waals surface area contributed by atoms with E-state index >= 15 is 0 Å². The number of rotatable bonds is 6. The first kappa shape index (κ1) is 19.3. The van der Waals surface area contributed by atoms with E-state index in [1.807, 2.05) is 17.2 Å². The Morgan fingerprint density at radius 2 is 1.79 bits per heavy atom. The van der Waals surface area contributed by atoms with Gasteiger partial charge >= 0.3 is 0 Å². The standard InChI is InChI=1S/C23H27N5O/c1-15-10-17(3)19(11-16(15)2)13-28-23(25-22(26-28)6-5-9-29)21-8-7-20-12-24-14-27(20)18(21)4/h7-8,10-12,14,29H,5-6,9,13H2,1-4H3. The van der Waals surface area contributed by atoms with Crippen LogP contribution in [0.15, 0.2) is 36.8 Å². The third-order valence-electron chi connectivity index (χ3n) is 5.63. The van der Waals surface area contributed by atoms with Gasteiger partial charge in [0.15, 0.2) is 11.6 Å². The molecule has 29 heavy (non-hydrogen) atoms. The molecule has 0 saturated carbocycles.